The Hall–Kier alpha value is -0.870. The maximum atomic E-state index is 12.0. The van der Waals surface area contributed by atoms with E-state index >= 15 is 0 Å². The molecule has 0 fully saturated rings. The van der Waals surface area contributed by atoms with Gasteiger partial charge in [-0.05, 0) is 38.0 Å². The zero-order valence-electron chi connectivity index (χ0n) is 9.86. The Morgan fingerprint density at radius 2 is 2.19 bits per heavy atom. The summed E-state index contributed by atoms with van der Waals surface area (Å²) in [6, 6.07) is 5.63. The van der Waals surface area contributed by atoms with Crippen molar-refractivity contribution < 1.29 is 8.95 Å². The molecule has 1 aromatic rings. The number of ether oxygens (including phenoxy) is 1. The summed E-state index contributed by atoms with van der Waals surface area (Å²) in [5.41, 5.74) is 7.49. The van der Waals surface area contributed by atoms with Crippen molar-refractivity contribution in [3.8, 4) is 0 Å². The molecule has 2 N–H and O–H groups in total. The van der Waals surface area contributed by atoms with Crippen LogP contribution < -0.4 is 5.73 Å². The van der Waals surface area contributed by atoms with Gasteiger partial charge in [0.05, 0.1) is 15.7 Å². The SMILES string of the molecule is CCOCCCS(=O)c1cc(C)ccc1N. The summed E-state index contributed by atoms with van der Waals surface area (Å²) in [6.45, 7) is 5.29. The predicted octanol–water partition coefficient (Wildman–Crippen LogP) is 2.11. The molecule has 0 radical (unpaired) electrons. The monoisotopic (exact) mass is 241 g/mol. The zero-order valence-corrected chi connectivity index (χ0v) is 10.7. The van der Waals surface area contributed by atoms with Crippen LogP contribution in [0.1, 0.15) is 18.9 Å². The van der Waals surface area contributed by atoms with E-state index < -0.39 is 10.8 Å². The van der Waals surface area contributed by atoms with Gasteiger partial charge in [-0.15, -0.1) is 0 Å². The maximum absolute atomic E-state index is 12.0. The summed E-state index contributed by atoms with van der Waals surface area (Å²) < 4.78 is 17.2. The second kappa shape index (κ2) is 6.66. The van der Waals surface area contributed by atoms with Crippen LogP contribution >= 0.6 is 0 Å². The molecule has 0 heterocycles. The van der Waals surface area contributed by atoms with E-state index in [0.29, 0.717) is 24.7 Å². The summed E-state index contributed by atoms with van der Waals surface area (Å²) in [5, 5.41) is 0. The second-order valence-electron chi connectivity index (χ2n) is 3.64. The van der Waals surface area contributed by atoms with Crippen LogP contribution in [0.4, 0.5) is 5.69 Å². The molecule has 0 aliphatic heterocycles. The van der Waals surface area contributed by atoms with E-state index in [-0.39, 0.29) is 0 Å². The molecule has 0 aliphatic carbocycles. The van der Waals surface area contributed by atoms with Gasteiger partial charge in [-0.25, -0.2) is 0 Å². The lowest BCUT2D eigenvalue weighted by atomic mass is 10.2. The van der Waals surface area contributed by atoms with Gasteiger partial charge in [0.25, 0.3) is 0 Å². The van der Waals surface area contributed by atoms with Gasteiger partial charge in [0.2, 0.25) is 0 Å². The van der Waals surface area contributed by atoms with E-state index in [0.717, 1.165) is 16.9 Å². The van der Waals surface area contributed by atoms with Crippen molar-refractivity contribution in [2.75, 3.05) is 24.7 Å². The molecular weight excluding hydrogens is 222 g/mol. The average Bonchev–Trinajstić information content (AvgIpc) is 2.27. The fourth-order valence-electron chi connectivity index (χ4n) is 1.39. The minimum Gasteiger partial charge on any atom is -0.398 e. The van der Waals surface area contributed by atoms with E-state index in [1.807, 2.05) is 32.0 Å². The Bertz CT molecular complexity index is 366. The Morgan fingerprint density at radius 3 is 2.88 bits per heavy atom. The highest BCUT2D eigenvalue weighted by atomic mass is 32.2. The molecule has 0 amide bonds. The second-order valence-corrected chi connectivity index (χ2v) is 5.18. The molecule has 3 nitrogen and oxygen atoms in total. The fourth-order valence-corrected chi connectivity index (χ4v) is 2.63. The van der Waals surface area contributed by atoms with Crippen LogP contribution in [0.25, 0.3) is 0 Å². The summed E-state index contributed by atoms with van der Waals surface area (Å²) in [5.74, 6) is 0.605. The standard InChI is InChI=1S/C12H19NO2S/c1-3-15-7-4-8-16(14)12-9-10(2)5-6-11(12)13/h5-6,9H,3-4,7-8,13H2,1-2H3. The van der Waals surface area contributed by atoms with E-state index in [1.54, 1.807) is 0 Å². The van der Waals surface area contributed by atoms with Crippen LogP contribution in [-0.4, -0.2) is 23.2 Å². The zero-order chi connectivity index (χ0) is 12.0. The van der Waals surface area contributed by atoms with Gasteiger partial charge in [-0.2, -0.15) is 0 Å². The number of hydrogen-bond acceptors (Lipinski definition) is 3. The molecule has 0 aromatic heterocycles. The molecule has 0 bridgehead atoms. The quantitative estimate of drug-likeness (QED) is 0.613. The number of anilines is 1. The highest BCUT2D eigenvalue weighted by Gasteiger charge is 2.07. The minimum atomic E-state index is -1.01. The van der Waals surface area contributed by atoms with Crippen molar-refractivity contribution in [3.05, 3.63) is 23.8 Å². The summed E-state index contributed by atoms with van der Waals surface area (Å²) in [4.78, 5) is 0.747. The molecule has 0 saturated carbocycles. The average molecular weight is 241 g/mol. The smallest absolute Gasteiger partial charge is 0.0620 e. The molecular formula is C12H19NO2S. The lowest BCUT2D eigenvalue weighted by molar-refractivity contribution is 0.149. The molecule has 90 valence electrons. The molecule has 1 unspecified atom stereocenters. The number of nitrogens with two attached hydrogens (primary N) is 1. The summed E-state index contributed by atoms with van der Waals surface area (Å²) >= 11 is 0. The van der Waals surface area contributed by atoms with Gasteiger partial charge in [-0.1, -0.05) is 6.07 Å². The Balaban J connectivity index is 2.55. The van der Waals surface area contributed by atoms with Gasteiger partial charge in [0, 0.05) is 24.7 Å². The van der Waals surface area contributed by atoms with Gasteiger partial charge in [0.15, 0.2) is 0 Å². The largest absolute Gasteiger partial charge is 0.398 e. The normalized spacial score (nSPS) is 12.6. The highest BCUT2D eigenvalue weighted by molar-refractivity contribution is 7.85. The summed E-state index contributed by atoms with van der Waals surface area (Å²) in [7, 11) is -1.01. The molecule has 1 aromatic carbocycles. The Labute approximate surface area is 99.4 Å². The van der Waals surface area contributed by atoms with Crippen LogP contribution in [0.2, 0.25) is 0 Å². The number of hydrogen-bond donors (Lipinski definition) is 1. The number of aryl methyl sites for hydroxylation is 1. The van der Waals surface area contributed by atoms with Crippen molar-refractivity contribution >= 4 is 16.5 Å². The molecule has 0 spiro atoms. The van der Waals surface area contributed by atoms with Crippen LogP contribution in [0.15, 0.2) is 23.1 Å². The Kier molecular flexibility index (Phi) is 5.49. The molecule has 16 heavy (non-hydrogen) atoms. The first-order valence-electron chi connectivity index (χ1n) is 5.47. The first kappa shape index (κ1) is 13.2. The molecule has 0 saturated heterocycles. The van der Waals surface area contributed by atoms with Gasteiger partial charge in [0.1, 0.15) is 0 Å². The number of nitrogen functional groups attached to an aromatic ring is 1. The van der Waals surface area contributed by atoms with Crippen molar-refractivity contribution in [2.45, 2.75) is 25.2 Å². The van der Waals surface area contributed by atoms with Crippen LogP contribution in [0, 0.1) is 6.92 Å². The number of rotatable bonds is 6. The lowest BCUT2D eigenvalue weighted by Gasteiger charge is -2.07. The van der Waals surface area contributed by atoms with E-state index in [2.05, 4.69) is 0 Å². The first-order valence-corrected chi connectivity index (χ1v) is 6.79. The van der Waals surface area contributed by atoms with E-state index in [1.165, 1.54) is 0 Å². The third-order valence-corrected chi connectivity index (χ3v) is 3.74. The van der Waals surface area contributed by atoms with E-state index in [9.17, 15) is 4.21 Å². The van der Waals surface area contributed by atoms with Crippen LogP contribution in [0.3, 0.4) is 0 Å². The van der Waals surface area contributed by atoms with Crippen molar-refractivity contribution in [1.29, 1.82) is 0 Å². The number of benzene rings is 1. The maximum Gasteiger partial charge on any atom is 0.0620 e. The minimum absolute atomic E-state index is 0.605. The van der Waals surface area contributed by atoms with Crippen LogP contribution in [-0.2, 0) is 15.5 Å². The van der Waals surface area contributed by atoms with Crippen molar-refractivity contribution in [1.82, 2.24) is 0 Å². The third-order valence-electron chi connectivity index (χ3n) is 2.24. The highest BCUT2D eigenvalue weighted by Crippen LogP contribution is 2.18. The predicted molar refractivity (Wildman–Crippen MR) is 68.0 cm³/mol. The topological polar surface area (TPSA) is 52.3 Å². The van der Waals surface area contributed by atoms with Gasteiger partial charge in [-0.3, -0.25) is 4.21 Å². The van der Waals surface area contributed by atoms with E-state index in [4.69, 9.17) is 10.5 Å². The molecule has 1 rings (SSSR count). The van der Waals surface area contributed by atoms with Crippen molar-refractivity contribution in [2.24, 2.45) is 0 Å². The lowest BCUT2D eigenvalue weighted by Crippen LogP contribution is -2.05. The van der Waals surface area contributed by atoms with Gasteiger partial charge >= 0.3 is 0 Å². The fraction of sp³-hybridized carbons (Fsp3) is 0.500. The molecule has 4 heteroatoms. The molecule has 0 aliphatic rings. The third kappa shape index (κ3) is 3.94. The molecule has 1 atom stereocenters. The van der Waals surface area contributed by atoms with Crippen LogP contribution in [0.5, 0.6) is 0 Å². The summed E-state index contributed by atoms with van der Waals surface area (Å²) in [6.07, 6.45) is 0.799. The van der Waals surface area contributed by atoms with Crippen molar-refractivity contribution in [3.63, 3.8) is 0 Å². The first-order chi connectivity index (χ1) is 7.65. The van der Waals surface area contributed by atoms with Gasteiger partial charge < -0.3 is 10.5 Å². The Morgan fingerprint density at radius 1 is 1.44 bits per heavy atom.